The number of amides is 1. The van der Waals surface area contributed by atoms with Crippen LogP contribution in [-0.2, 0) is 13.0 Å². The van der Waals surface area contributed by atoms with Crippen molar-refractivity contribution in [2.45, 2.75) is 19.9 Å². The SMILES string of the molecule is CCc1ccccc1NC(=O)c1ccc(NCc2ccccn2)cn1. The van der Waals surface area contributed by atoms with E-state index < -0.39 is 0 Å². The third-order valence-corrected chi connectivity index (χ3v) is 3.84. The van der Waals surface area contributed by atoms with Crippen LogP contribution in [0.5, 0.6) is 0 Å². The van der Waals surface area contributed by atoms with Gasteiger partial charge in [0.1, 0.15) is 5.69 Å². The molecule has 2 N–H and O–H groups in total. The summed E-state index contributed by atoms with van der Waals surface area (Å²) in [5.41, 5.74) is 4.10. The van der Waals surface area contributed by atoms with E-state index in [4.69, 9.17) is 0 Å². The molecule has 0 unspecified atom stereocenters. The minimum atomic E-state index is -0.211. The number of nitrogens with one attached hydrogen (secondary N) is 2. The first-order valence-electron chi connectivity index (χ1n) is 8.25. The van der Waals surface area contributed by atoms with Crippen molar-refractivity contribution in [1.29, 1.82) is 0 Å². The second kappa shape index (κ2) is 8.06. The number of hydrogen-bond acceptors (Lipinski definition) is 4. The predicted molar refractivity (Wildman–Crippen MR) is 99.6 cm³/mol. The van der Waals surface area contributed by atoms with Gasteiger partial charge in [-0.25, -0.2) is 4.98 Å². The number of aromatic nitrogens is 2. The molecule has 0 spiro atoms. The van der Waals surface area contributed by atoms with Crippen molar-refractivity contribution in [1.82, 2.24) is 9.97 Å². The Morgan fingerprint density at radius 3 is 2.56 bits per heavy atom. The van der Waals surface area contributed by atoms with Crippen molar-refractivity contribution < 1.29 is 4.79 Å². The number of hydrogen-bond donors (Lipinski definition) is 2. The maximum atomic E-state index is 12.4. The van der Waals surface area contributed by atoms with Crippen molar-refractivity contribution in [3.05, 3.63) is 83.9 Å². The number of rotatable bonds is 6. The lowest BCUT2D eigenvalue weighted by Crippen LogP contribution is -2.15. The van der Waals surface area contributed by atoms with Crippen LogP contribution >= 0.6 is 0 Å². The van der Waals surface area contributed by atoms with Crippen molar-refractivity contribution in [2.24, 2.45) is 0 Å². The van der Waals surface area contributed by atoms with Crippen LogP contribution in [0.15, 0.2) is 67.0 Å². The second-order valence-electron chi connectivity index (χ2n) is 5.57. The van der Waals surface area contributed by atoms with E-state index in [-0.39, 0.29) is 5.91 Å². The highest BCUT2D eigenvalue weighted by molar-refractivity contribution is 6.03. The fourth-order valence-corrected chi connectivity index (χ4v) is 2.46. The summed E-state index contributed by atoms with van der Waals surface area (Å²) in [5, 5.41) is 6.16. The molecule has 1 amide bonds. The topological polar surface area (TPSA) is 66.9 Å². The molecule has 126 valence electrons. The van der Waals surface area contributed by atoms with Crippen LogP contribution in [0.4, 0.5) is 11.4 Å². The Bertz CT molecular complexity index is 832. The summed E-state index contributed by atoms with van der Waals surface area (Å²) in [6.45, 7) is 2.67. The minimum Gasteiger partial charge on any atom is -0.378 e. The second-order valence-corrected chi connectivity index (χ2v) is 5.57. The monoisotopic (exact) mass is 332 g/mol. The highest BCUT2D eigenvalue weighted by atomic mass is 16.1. The van der Waals surface area contributed by atoms with Crippen molar-refractivity contribution in [3.63, 3.8) is 0 Å². The molecule has 1 aromatic carbocycles. The maximum Gasteiger partial charge on any atom is 0.274 e. The van der Waals surface area contributed by atoms with Crippen molar-refractivity contribution >= 4 is 17.3 Å². The zero-order valence-corrected chi connectivity index (χ0v) is 14.1. The summed E-state index contributed by atoms with van der Waals surface area (Å²) in [7, 11) is 0. The molecule has 0 aliphatic rings. The molecule has 0 atom stereocenters. The van der Waals surface area contributed by atoms with Crippen molar-refractivity contribution in [3.8, 4) is 0 Å². The Kier molecular flexibility index (Phi) is 5.36. The lowest BCUT2D eigenvalue weighted by atomic mass is 10.1. The van der Waals surface area contributed by atoms with Crippen LogP contribution in [0.1, 0.15) is 28.7 Å². The normalized spacial score (nSPS) is 10.3. The van der Waals surface area contributed by atoms with E-state index >= 15 is 0 Å². The summed E-state index contributed by atoms with van der Waals surface area (Å²) >= 11 is 0. The van der Waals surface area contributed by atoms with Crippen LogP contribution in [0.3, 0.4) is 0 Å². The number of anilines is 2. The zero-order valence-electron chi connectivity index (χ0n) is 14.1. The van der Waals surface area contributed by atoms with Gasteiger partial charge in [-0.3, -0.25) is 9.78 Å². The fraction of sp³-hybridized carbons (Fsp3) is 0.150. The van der Waals surface area contributed by atoms with Gasteiger partial charge in [-0.05, 0) is 42.3 Å². The fourth-order valence-electron chi connectivity index (χ4n) is 2.46. The van der Waals surface area contributed by atoms with Gasteiger partial charge in [0, 0.05) is 11.9 Å². The molecule has 0 aliphatic carbocycles. The molecule has 0 fully saturated rings. The molecule has 0 radical (unpaired) electrons. The van der Waals surface area contributed by atoms with E-state index in [2.05, 4.69) is 27.5 Å². The van der Waals surface area contributed by atoms with Gasteiger partial charge in [-0.2, -0.15) is 0 Å². The van der Waals surface area contributed by atoms with Gasteiger partial charge >= 0.3 is 0 Å². The van der Waals surface area contributed by atoms with Crippen LogP contribution in [0.2, 0.25) is 0 Å². The molecule has 3 rings (SSSR count). The van der Waals surface area contributed by atoms with Gasteiger partial charge in [0.2, 0.25) is 0 Å². The molecular formula is C20H20N4O. The lowest BCUT2D eigenvalue weighted by Gasteiger charge is -2.10. The van der Waals surface area contributed by atoms with Crippen LogP contribution in [0, 0.1) is 0 Å². The number of aryl methyl sites for hydroxylation is 1. The highest BCUT2D eigenvalue weighted by Crippen LogP contribution is 2.16. The highest BCUT2D eigenvalue weighted by Gasteiger charge is 2.09. The minimum absolute atomic E-state index is 0.211. The van der Waals surface area contributed by atoms with E-state index in [1.165, 1.54) is 0 Å². The summed E-state index contributed by atoms with van der Waals surface area (Å²) in [6, 6.07) is 17.1. The first kappa shape index (κ1) is 16.6. The van der Waals surface area contributed by atoms with Crippen molar-refractivity contribution in [2.75, 3.05) is 10.6 Å². The molecule has 5 heteroatoms. The third kappa shape index (κ3) is 4.41. The largest absolute Gasteiger partial charge is 0.378 e. The molecular weight excluding hydrogens is 312 g/mol. The summed E-state index contributed by atoms with van der Waals surface area (Å²) in [6.07, 6.45) is 4.28. The van der Waals surface area contributed by atoms with Crippen LogP contribution in [-0.4, -0.2) is 15.9 Å². The first-order chi connectivity index (χ1) is 12.3. The molecule has 0 aliphatic heterocycles. The van der Waals surface area contributed by atoms with Gasteiger partial charge in [0.15, 0.2) is 0 Å². The number of pyridine rings is 2. The van der Waals surface area contributed by atoms with E-state index in [1.807, 2.05) is 48.5 Å². The van der Waals surface area contributed by atoms with Crippen LogP contribution < -0.4 is 10.6 Å². The van der Waals surface area contributed by atoms with Crippen LogP contribution in [0.25, 0.3) is 0 Å². The Hall–Kier alpha value is -3.21. The molecule has 2 aromatic heterocycles. The van der Waals surface area contributed by atoms with E-state index in [0.717, 1.165) is 29.1 Å². The number of carbonyl (C=O) groups is 1. The van der Waals surface area contributed by atoms with Gasteiger partial charge in [0.05, 0.1) is 24.1 Å². The molecule has 0 bridgehead atoms. The summed E-state index contributed by atoms with van der Waals surface area (Å²) < 4.78 is 0. The predicted octanol–water partition coefficient (Wildman–Crippen LogP) is 3.90. The smallest absolute Gasteiger partial charge is 0.274 e. The Labute approximate surface area is 147 Å². The molecule has 5 nitrogen and oxygen atoms in total. The average Bonchev–Trinajstić information content (AvgIpc) is 2.68. The Balaban J connectivity index is 1.62. The van der Waals surface area contributed by atoms with Gasteiger partial charge in [0.25, 0.3) is 5.91 Å². The standard InChI is InChI=1S/C20H20N4O/c1-2-15-7-3-4-9-18(15)24-20(25)19-11-10-17(14-23-19)22-13-16-8-5-6-12-21-16/h3-12,14,22H,2,13H2,1H3,(H,24,25). The lowest BCUT2D eigenvalue weighted by molar-refractivity contribution is 0.102. The van der Waals surface area contributed by atoms with Gasteiger partial charge < -0.3 is 10.6 Å². The Morgan fingerprint density at radius 2 is 1.84 bits per heavy atom. The first-order valence-corrected chi connectivity index (χ1v) is 8.25. The molecule has 0 saturated carbocycles. The van der Waals surface area contributed by atoms with E-state index in [1.54, 1.807) is 18.5 Å². The summed E-state index contributed by atoms with van der Waals surface area (Å²) in [5.74, 6) is -0.211. The summed E-state index contributed by atoms with van der Waals surface area (Å²) in [4.78, 5) is 20.9. The van der Waals surface area contributed by atoms with Gasteiger partial charge in [-0.1, -0.05) is 31.2 Å². The zero-order chi connectivity index (χ0) is 17.5. The Morgan fingerprint density at radius 1 is 1.00 bits per heavy atom. The van der Waals surface area contributed by atoms with Gasteiger partial charge in [-0.15, -0.1) is 0 Å². The van der Waals surface area contributed by atoms with E-state index in [0.29, 0.717) is 12.2 Å². The number of nitrogens with zero attached hydrogens (tertiary/aromatic N) is 2. The molecule has 0 saturated heterocycles. The molecule has 2 heterocycles. The molecule has 3 aromatic rings. The number of para-hydroxylation sites is 1. The average molecular weight is 332 g/mol. The third-order valence-electron chi connectivity index (χ3n) is 3.84. The quantitative estimate of drug-likeness (QED) is 0.718. The van der Waals surface area contributed by atoms with E-state index in [9.17, 15) is 4.79 Å². The number of carbonyl (C=O) groups excluding carboxylic acids is 1. The number of benzene rings is 1. The molecule has 25 heavy (non-hydrogen) atoms. The maximum absolute atomic E-state index is 12.4.